The number of aryl methyl sites for hydroxylation is 4. The van der Waals surface area contributed by atoms with Crippen LogP contribution in [0.2, 0.25) is 0 Å². The molecule has 10 nitrogen and oxygen atoms in total. The molecule has 0 amide bonds. The summed E-state index contributed by atoms with van der Waals surface area (Å²) >= 11 is 0. The lowest BCUT2D eigenvalue weighted by Gasteiger charge is -2.10. The van der Waals surface area contributed by atoms with Crippen molar-refractivity contribution >= 4 is 11.9 Å². The molecule has 2 rings (SSSR count). The quantitative estimate of drug-likeness (QED) is 0.132. The zero-order chi connectivity index (χ0) is 26.9. The Bertz CT molecular complexity index is 942. The van der Waals surface area contributed by atoms with Crippen LogP contribution in [0, 0.1) is 13.8 Å². The first-order valence-corrected chi connectivity index (χ1v) is 12.3. The smallest absolute Gasteiger partial charge is 0.306 e. The van der Waals surface area contributed by atoms with E-state index in [2.05, 4.69) is 10.6 Å². The van der Waals surface area contributed by atoms with Crippen LogP contribution in [0.4, 0.5) is 0 Å². The molecular formula is C27H38N2O8. The van der Waals surface area contributed by atoms with Crippen LogP contribution in [0.15, 0.2) is 36.4 Å². The van der Waals surface area contributed by atoms with Crippen molar-refractivity contribution < 1.29 is 38.7 Å². The maximum Gasteiger partial charge on any atom is 0.306 e. The molecule has 0 heterocycles. The summed E-state index contributed by atoms with van der Waals surface area (Å²) in [6, 6.07) is 10.5. The Kier molecular flexibility index (Phi) is 14.1. The van der Waals surface area contributed by atoms with Crippen molar-refractivity contribution in [2.45, 2.75) is 39.5 Å². The standard InChI is InChI=1S/C27H38N2O8/c1-20-15-23(16-21(2)27(20)33)6-10-26(32)37-14-12-29-18-35-19-34-17-28-11-13-36-25(31)9-5-22-3-7-24(30)8-4-22/h3-4,7-8,15-16,28-30,33H,5-6,9-14,17-19H2,1-2H3. The highest BCUT2D eigenvalue weighted by Gasteiger charge is 2.07. The van der Waals surface area contributed by atoms with E-state index in [1.165, 1.54) is 0 Å². The maximum absolute atomic E-state index is 11.9. The van der Waals surface area contributed by atoms with E-state index in [-0.39, 0.29) is 64.0 Å². The highest BCUT2D eigenvalue weighted by Crippen LogP contribution is 2.23. The first kappa shape index (κ1) is 30.0. The fourth-order valence-corrected chi connectivity index (χ4v) is 3.39. The van der Waals surface area contributed by atoms with E-state index in [4.69, 9.17) is 18.9 Å². The van der Waals surface area contributed by atoms with Gasteiger partial charge in [-0.25, -0.2) is 0 Å². The van der Waals surface area contributed by atoms with Crippen LogP contribution in [0.3, 0.4) is 0 Å². The molecule has 0 bridgehead atoms. The van der Waals surface area contributed by atoms with Gasteiger partial charge in [-0.05, 0) is 61.1 Å². The number of esters is 2. The average Bonchev–Trinajstić information content (AvgIpc) is 2.88. The Labute approximate surface area is 217 Å². The first-order chi connectivity index (χ1) is 17.8. The summed E-state index contributed by atoms with van der Waals surface area (Å²) in [6.45, 7) is 5.66. The molecule has 4 N–H and O–H groups in total. The van der Waals surface area contributed by atoms with Crippen LogP contribution in [-0.4, -0.2) is 68.7 Å². The first-order valence-electron chi connectivity index (χ1n) is 12.3. The number of nitrogens with one attached hydrogen (secondary N) is 2. The molecule has 0 fully saturated rings. The van der Waals surface area contributed by atoms with Crippen LogP contribution in [0.1, 0.15) is 35.1 Å². The summed E-state index contributed by atoms with van der Waals surface area (Å²) < 4.78 is 20.9. The van der Waals surface area contributed by atoms with Gasteiger partial charge in [0.25, 0.3) is 0 Å². The molecule has 0 aliphatic rings. The molecule has 0 radical (unpaired) electrons. The number of rotatable bonds is 18. The van der Waals surface area contributed by atoms with Crippen LogP contribution in [0.25, 0.3) is 0 Å². The number of carbonyl (C=O) groups excluding carboxylic acids is 2. The van der Waals surface area contributed by atoms with Crippen LogP contribution in [-0.2, 0) is 41.4 Å². The number of phenols is 2. The fraction of sp³-hybridized carbons (Fsp3) is 0.481. The summed E-state index contributed by atoms with van der Waals surface area (Å²) in [7, 11) is 0. The minimum absolute atomic E-state index is 0.0810. The third-order valence-electron chi connectivity index (χ3n) is 5.38. The normalized spacial score (nSPS) is 10.9. The van der Waals surface area contributed by atoms with Gasteiger partial charge in [0, 0.05) is 25.9 Å². The van der Waals surface area contributed by atoms with E-state index in [1.54, 1.807) is 24.3 Å². The fourth-order valence-electron chi connectivity index (χ4n) is 3.39. The minimum Gasteiger partial charge on any atom is -0.508 e. The van der Waals surface area contributed by atoms with Crippen LogP contribution >= 0.6 is 0 Å². The molecule has 0 aliphatic carbocycles. The number of ether oxygens (including phenoxy) is 4. The average molecular weight is 519 g/mol. The molecule has 204 valence electrons. The Morgan fingerprint density at radius 3 is 1.76 bits per heavy atom. The summed E-state index contributed by atoms with van der Waals surface area (Å²) in [4.78, 5) is 23.6. The molecule has 0 aliphatic heterocycles. The van der Waals surface area contributed by atoms with E-state index in [0.29, 0.717) is 31.7 Å². The molecule has 0 saturated heterocycles. The summed E-state index contributed by atoms with van der Waals surface area (Å²) in [5.74, 6) is -0.0652. The van der Waals surface area contributed by atoms with E-state index < -0.39 is 0 Å². The number of benzene rings is 2. The molecule has 0 unspecified atom stereocenters. The highest BCUT2D eigenvalue weighted by molar-refractivity contribution is 5.70. The predicted octanol–water partition coefficient (Wildman–Crippen LogP) is 2.45. The van der Waals surface area contributed by atoms with Gasteiger partial charge in [-0.1, -0.05) is 24.3 Å². The predicted molar refractivity (Wildman–Crippen MR) is 137 cm³/mol. The Balaban J connectivity index is 1.34. The Morgan fingerprint density at radius 1 is 0.757 bits per heavy atom. The summed E-state index contributed by atoms with van der Waals surface area (Å²) in [5, 5.41) is 25.0. The third kappa shape index (κ3) is 13.1. The second-order valence-electron chi connectivity index (χ2n) is 8.50. The van der Waals surface area contributed by atoms with E-state index >= 15 is 0 Å². The van der Waals surface area contributed by atoms with Gasteiger partial charge in [-0.3, -0.25) is 20.2 Å². The number of hydrogen-bond donors (Lipinski definition) is 4. The second-order valence-corrected chi connectivity index (χ2v) is 8.50. The van der Waals surface area contributed by atoms with Gasteiger partial charge in [0.15, 0.2) is 0 Å². The van der Waals surface area contributed by atoms with Crippen molar-refractivity contribution in [3.8, 4) is 11.5 Å². The minimum atomic E-state index is -0.279. The second kappa shape index (κ2) is 17.3. The third-order valence-corrected chi connectivity index (χ3v) is 5.38. The largest absolute Gasteiger partial charge is 0.508 e. The maximum atomic E-state index is 11.9. The molecule has 10 heteroatoms. The van der Waals surface area contributed by atoms with Gasteiger partial charge in [-0.2, -0.15) is 0 Å². The lowest BCUT2D eigenvalue weighted by Crippen LogP contribution is -2.27. The van der Waals surface area contributed by atoms with Gasteiger partial charge in [0.2, 0.25) is 0 Å². The van der Waals surface area contributed by atoms with Crippen LogP contribution < -0.4 is 10.6 Å². The topological polar surface area (TPSA) is 136 Å². The van der Waals surface area contributed by atoms with Gasteiger partial charge < -0.3 is 29.2 Å². The Hall–Kier alpha value is -3.18. The van der Waals surface area contributed by atoms with Crippen molar-refractivity contribution in [1.29, 1.82) is 0 Å². The van der Waals surface area contributed by atoms with E-state index in [9.17, 15) is 19.8 Å². The van der Waals surface area contributed by atoms with Gasteiger partial charge in [0.1, 0.15) is 31.5 Å². The molecule has 0 atom stereocenters. The van der Waals surface area contributed by atoms with Crippen LogP contribution in [0.5, 0.6) is 11.5 Å². The van der Waals surface area contributed by atoms with Gasteiger partial charge in [-0.15, -0.1) is 0 Å². The van der Waals surface area contributed by atoms with Gasteiger partial charge in [0.05, 0.1) is 13.5 Å². The van der Waals surface area contributed by atoms with Gasteiger partial charge >= 0.3 is 11.9 Å². The monoisotopic (exact) mass is 518 g/mol. The summed E-state index contributed by atoms with van der Waals surface area (Å²) in [5.41, 5.74) is 3.55. The number of hydrogen-bond acceptors (Lipinski definition) is 10. The number of phenolic OH excluding ortho intramolecular Hbond substituents is 2. The van der Waals surface area contributed by atoms with Crippen molar-refractivity contribution in [1.82, 2.24) is 10.6 Å². The molecule has 2 aromatic carbocycles. The molecule has 0 saturated carbocycles. The van der Waals surface area contributed by atoms with Crippen molar-refractivity contribution in [3.63, 3.8) is 0 Å². The number of carbonyl (C=O) groups is 2. The van der Waals surface area contributed by atoms with Crippen molar-refractivity contribution in [3.05, 3.63) is 58.7 Å². The van der Waals surface area contributed by atoms with E-state index in [0.717, 1.165) is 22.3 Å². The molecular weight excluding hydrogens is 480 g/mol. The lowest BCUT2D eigenvalue weighted by molar-refractivity contribution is -0.144. The Morgan fingerprint density at radius 2 is 1.24 bits per heavy atom. The molecule has 37 heavy (non-hydrogen) atoms. The molecule has 0 aromatic heterocycles. The van der Waals surface area contributed by atoms with Crippen molar-refractivity contribution in [2.75, 3.05) is 46.6 Å². The van der Waals surface area contributed by atoms with Crippen molar-refractivity contribution in [2.24, 2.45) is 0 Å². The zero-order valence-electron chi connectivity index (χ0n) is 21.6. The van der Waals surface area contributed by atoms with E-state index in [1.807, 2.05) is 26.0 Å². The highest BCUT2D eigenvalue weighted by atomic mass is 16.7. The SMILES string of the molecule is Cc1cc(CCC(=O)OCCNCOCOCNCCOC(=O)CCc2ccc(O)cc2)cc(C)c1O. The molecule has 2 aromatic rings. The summed E-state index contributed by atoms with van der Waals surface area (Å²) in [6.07, 6.45) is 1.68. The number of aromatic hydroxyl groups is 2. The molecule has 0 spiro atoms. The lowest BCUT2D eigenvalue weighted by atomic mass is 10.0. The zero-order valence-corrected chi connectivity index (χ0v) is 21.6.